The molecule has 1 aliphatic heterocycles. The monoisotopic (exact) mass is 254 g/mol. The molecule has 1 atom stereocenters. The molecule has 5 heteroatoms. The highest BCUT2D eigenvalue weighted by molar-refractivity contribution is 7.99. The molecule has 0 saturated carbocycles. The van der Waals surface area contributed by atoms with Crippen molar-refractivity contribution in [3.05, 3.63) is 29.6 Å². The van der Waals surface area contributed by atoms with Gasteiger partial charge in [0, 0.05) is 23.7 Å². The Bertz CT molecular complexity index is 419. The van der Waals surface area contributed by atoms with E-state index in [2.05, 4.69) is 10.6 Å². The number of nitrogens with one attached hydrogen (secondary N) is 2. The highest BCUT2D eigenvalue weighted by Crippen LogP contribution is 2.15. The number of carbonyl (C=O) groups excluding carboxylic acids is 1. The minimum atomic E-state index is -0.297. The number of thioether (sulfide) groups is 1. The molecule has 0 bridgehead atoms. The number of carbonyl (C=O) groups is 1. The van der Waals surface area contributed by atoms with E-state index in [4.69, 9.17) is 0 Å². The summed E-state index contributed by atoms with van der Waals surface area (Å²) in [5, 5.41) is 5.86. The Kier molecular flexibility index (Phi) is 4.02. The van der Waals surface area contributed by atoms with E-state index in [1.165, 1.54) is 6.07 Å². The quantitative estimate of drug-likeness (QED) is 0.845. The van der Waals surface area contributed by atoms with Crippen molar-refractivity contribution in [1.29, 1.82) is 0 Å². The Hall–Kier alpha value is -1.07. The van der Waals surface area contributed by atoms with Gasteiger partial charge in [-0.05, 0) is 24.6 Å². The zero-order valence-electron chi connectivity index (χ0n) is 9.63. The summed E-state index contributed by atoms with van der Waals surface area (Å²) in [5.74, 6) is 1.40. The predicted molar refractivity (Wildman–Crippen MR) is 68.9 cm³/mol. The Morgan fingerprint density at radius 2 is 2.41 bits per heavy atom. The van der Waals surface area contributed by atoms with Crippen LogP contribution >= 0.6 is 11.8 Å². The molecule has 1 heterocycles. The maximum Gasteiger partial charge on any atom is 0.242 e. The summed E-state index contributed by atoms with van der Waals surface area (Å²) in [6.07, 6.45) is 0. The van der Waals surface area contributed by atoms with Crippen molar-refractivity contribution in [2.24, 2.45) is 0 Å². The Balaban J connectivity index is 1.99. The molecule has 1 saturated heterocycles. The molecular formula is C12H15FN2OS. The van der Waals surface area contributed by atoms with Crippen LogP contribution in [0.3, 0.4) is 0 Å². The largest absolute Gasteiger partial charge is 0.325 e. The summed E-state index contributed by atoms with van der Waals surface area (Å²) in [6, 6.07) is 4.54. The van der Waals surface area contributed by atoms with Crippen molar-refractivity contribution in [3.8, 4) is 0 Å². The van der Waals surface area contributed by atoms with Gasteiger partial charge in [0.05, 0.1) is 6.04 Å². The van der Waals surface area contributed by atoms with Gasteiger partial charge >= 0.3 is 0 Å². The van der Waals surface area contributed by atoms with Crippen LogP contribution in [0.5, 0.6) is 0 Å². The first-order valence-electron chi connectivity index (χ1n) is 5.55. The number of amides is 1. The summed E-state index contributed by atoms with van der Waals surface area (Å²) in [7, 11) is 0. The SMILES string of the molecule is Cc1ccc(NC(=O)C2CSCCN2)cc1F. The maximum atomic E-state index is 13.3. The van der Waals surface area contributed by atoms with Crippen LogP contribution in [0.4, 0.5) is 10.1 Å². The van der Waals surface area contributed by atoms with Crippen molar-refractivity contribution in [2.75, 3.05) is 23.4 Å². The standard InChI is InChI=1S/C12H15FN2OS/c1-8-2-3-9(6-10(8)13)15-12(16)11-7-17-5-4-14-11/h2-3,6,11,14H,4-5,7H2,1H3,(H,15,16). The molecule has 1 aliphatic rings. The van der Waals surface area contributed by atoms with E-state index < -0.39 is 0 Å². The van der Waals surface area contributed by atoms with Crippen LogP contribution < -0.4 is 10.6 Å². The number of hydrogen-bond donors (Lipinski definition) is 2. The van der Waals surface area contributed by atoms with Crippen LogP contribution in [0.25, 0.3) is 0 Å². The fraction of sp³-hybridized carbons (Fsp3) is 0.417. The lowest BCUT2D eigenvalue weighted by Gasteiger charge is -2.22. The van der Waals surface area contributed by atoms with Crippen molar-refractivity contribution in [1.82, 2.24) is 5.32 Å². The molecular weight excluding hydrogens is 239 g/mol. The number of hydrogen-bond acceptors (Lipinski definition) is 3. The fourth-order valence-electron chi connectivity index (χ4n) is 1.63. The molecule has 0 spiro atoms. The summed E-state index contributed by atoms with van der Waals surface area (Å²) < 4.78 is 13.3. The third-order valence-corrected chi connectivity index (χ3v) is 3.74. The number of halogens is 1. The third kappa shape index (κ3) is 3.20. The first-order chi connectivity index (χ1) is 8.16. The normalized spacial score (nSPS) is 20.0. The molecule has 17 heavy (non-hydrogen) atoms. The van der Waals surface area contributed by atoms with E-state index in [1.54, 1.807) is 30.8 Å². The number of aryl methyl sites for hydroxylation is 1. The van der Waals surface area contributed by atoms with Gasteiger partial charge in [-0.1, -0.05) is 6.07 Å². The predicted octanol–water partition coefficient (Wildman–Crippen LogP) is 1.78. The van der Waals surface area contributed by atoms with Gasteiger partial charge in [-0.2, -0.15) is 11.8 Å². The average molecular weight is 254 g/mol. The lowest BCUT2D eigenvalue weighted by molar-refractivity contribution is -0.117. The molecule has 2 rings (SSSR count). The van der Waals surface area contributed by atoms with Crippen molar-refractivity contribution >= 4 is 23.4 Å². The van der Waals surface area contributed by atoms with E-state index in [-0.39, 0.29) is 17.8 Å². The van der Waals surface area contributed by atoms with Crippen LogP contribution in [0.1, 0.15) is 5.56 Å². The molecule has 1 amide bonds. The summed E-state index contributed by atoms with van der Waals surface area (Å²) in [5.41, 5.74) is 1.09. The molecule has 1 aromatic carbocycles. The molecule has 92 valence electrons. The average Bonchev–Trinajstić information content (AvgIpc) is 2.35. The highest BCUT2D eigenvalue weighted by atomic mass is 32.2. The van der Waals surface area contributed by atoms with Crippen LogP contribution in [0, 0.1) is 12.7 Å². The van der Waals surface area contributed by atoms with E-state index in [0.717, 1.165) is 18.1 Å². The minimum Gasteiger partial charge on any atom is -0.325 e. The third-order valence-electron chi connectivity index (χ3n) is 2.68. The second-order valence-corrected chi connectivity index (χ2v) is 5.18. The molecule has 3 nitrogen and oxygen atoms in total. The second kappa shape index (κ2) is 5.51. The molecule has 2 N–H and O–H groups in total. The first kappa shape index (κ1) is 12.4. The number of benzene rings is 1. The summed E-state index contributed by atoms with van der Waals surface area (Å²) in [6.45, 7) is 2.53. The molecule has 0 aromatic heterocycles. The Labute approximate surface area is 104 Å². The lowest BCUT2D eigenvalue weighted by Crippen LogP contribution is -2.46. The van der Waals surface area contributed by atoms with E-state index in [0.29, 0.717) is 11.3 Å². The van der Waals surface area contributed by atoms with Gasteiger partial charge in [-0.15, -0.1) is 0 Å². The summed E-state index contributed by atoms with van der Waals surface area (Å²) >= 11 is 1.75. The maximum absolute atomic E-state index is 13.3. The molecule has 0 aliphatic carbocycles. The van der Waals surface area contributed by atoms with Crippen molar-refractivity contribution < 1.29 is 9.18 Å². The molecule has 1 aromatic rings. The van der Waals surface area contributed by atoms with Gasteiger partial charge in [0.25, 0.3) is 0 Å². The molecule has 0 radical (unpaired) electrons. The van der Waals surface area contributed by atoms with Crippen molar-refractivity contribution in [3.63, 3.8) is 0 Å². The molecule has 1 unspecified atom stereocenters. The summed E-state index contributed by atoms with van der Waals surface area (Å²) in [4.78, 5) is 11.9. The van der Waals surface area contributed by atoms with E-state index in [9.17, 15) is 9.18 Å². The topological polar surface area (TPSA) is 41.1 Å². The zero-order valence-corrected chi connectivity index (χ0v) is 10.4. The van der Waals surface area contributed by atoms with E-state index >= 15 is 0 Å². The van der Waals surface area contributed by atoms with Gasteiger partial charge in [0.2, 0.25) is 5.91 Å². The van der Waals surface area contributed by atoms with Crippen LogP contribution in [-0.4, -0.2) is 30.0 Å². The first-order valence-corrected chi connectivity index (χ1v) is 6.70. The van der Waals surface area contributed by atoms with Gasteiger partial charge < -0.3 is 10.6 Å². The van der Waals surface area contributed by atoms with Gasteiger partial charge in [-0.3, -0.25) is 4.79 Å². The van der Waals surface area contributed by atoms with Gasteiger partial charge in [-0.25, -0.2) is 4.39 Å². The van der Waals surface area contributed by atoms with Crippen molar-refractivity contribution in [2.45, 2.75) is 13.0 Å². The Morgan fingerprint density at radius 3 is 3.06 bits per heavy atom. The second-order valence-electron chi connectivity index (χ2n) is 4.03. The Morgan fingerprint density at radius 1 is 1.59 bits per heavy atom. The fourth-order valence-corrected chi connectivity index (χ4v) is 2.57. The van der Waals surface area contributed by atoms with Crippen LogP contribution in [-0.2, 0) is 4.79 Å². The van der Waals surface area contributed by atoms with Gasteiger partial charge in [0.15, 0.2) is 0 Å². The van der Waals surface area contributed by atoms with E-state index in [1.807, 2.05) is 0 Å². The smallest absolute Gasteiger partial charge is 0.242 e. The zero-order chi connectivity index (χ0) is 12.3. The lowest BCUT2D eigenvalue weighted by atomic mass is 10.2. The number of anilines is 1. The molecule has 1 fully saturated rings. The van der Waals surface area contributed by atoms with Crippen LogP contribution in [0.15, 0.2) is 18.2 Å². The van der Waals surface area contributed by atoms with Crippen LogP contribution in [0.2, 0.25) is 0 Å². The van der Waals surface area contributed by atoms with Gasteiger partial charge in [0.1, 0.15) is 5.82 Å². The minimum absolute atomic E-state index is 0.0968. The highest BCUT2D eigenvalue weighted by Gasteiger charge is 2.20. The number of rotatable bonds is 2.